The SMILES string of the molecule is COc1ccc(CC2=C(N)N(S)CN=C2N)cc1. The van der Waals surface area contributed by atoms with E-state index in [1.165, 1.54) is 0 Å². The van der Waals surface area contributed by atoms with Crippen molar-refractivity contribution in [2.45, 2.75) is 6.42 Å². The third-order valence-corrected chi connectivity index (χ3v) is 3.15. The molecule has 0 bridgehead atoms. The molecule has 0 radical (unpaired) electrons. The Morgan fingerprint density at radius 3 is 2.61 bits per heavy atom. The minimum absolute atomic E-state index is 0.382. The van der Waals surface area contributed by atoms with Crippen LogP contribution in [0.3, 0.4) is 0 Å². The fourth-order valence-corrected chi connectivity index (χ4v) is 1.91. The second kappa shape index (κ2) is 5.22. The van der Waals surface area contributed by atoms with Crippen molar-refractivity contribution in [3.8, 4) is 5.75 Å². The van der Waals surface area contributed by atoms with Gasteiger partial charge in [-0.25, -0.2) is 4.99 Å². The van der Waals surface area contributed by atoms with Gasteiger partial charge in [-0.15, -0.1) is 0 Å². The highest BCUT2D eigenvalue weighted by Gasteiger charge is 2.17. The number of amidine groups is 1. The monoisotopic (exact) mass is 264 g/mol. The third kappa shape index (κ3) is 2.53. The van der Waals surface area contributed by atoms with Crippen LogP contribution in [0.5, 0.6) is 5.75 Å². The van der Waals surface area contributed by atoms with Gasteiger partial charge in [-0.2, -0.15) is 0 Å². The summed E-state index contributed by atoms with van der Waals surface area (Å²) in [5.41, 5.74) is 13.7. The fraction of sp³-hybridized carbons (Fsp3) is 0.250. The van der Waals surface area contributed by atoms with Gasteiger partial charge in [0, 0.05) is 12.0 Å². The quantitative estimate of drug-likeness (QED) is 0.708. The molecule has 0 aromatic heterocycles. The van der Waals surface area contributed by atoms with Crippen LogP contribution in [0, 0.1) is 0 Å². The van der Waals surface area contributed by atoms with Crippen LogP contribution in [-0.4, -0.2) is 23.9 Å². The molecule has 1 aliphatic heterocycles. The number of rotatable bonds is 3. The van der Waals surface area contributed by atoms with Crippen molar-refractivity contribution >= 4 is 18.7 Å². The molecular formula is C12H16N4OS. The molecule has 0 saturated heterocycles. The van der Waals surface area contributed by atoms with Crippen LogP contribution in [-0.2, 0) is 6.42 Å². The number of nitrogens with two attached hydrogens (primary N) is 2. The van der Waals surface area contributed by atoms with Crippen molar-refractivity contribution in [1.82, 2.24) is 4.31 Å². The summed E-state index contributed by atoms with van der Waals surface area (Å²) in [6.07, 6.45) is 0.627. The Hall–Kier alpha value is -1.82. The van der Waals surface area contributed by atoms with Gasteiger partial charge in [0.15, 0.2) is 0 Å². The Balaban J connectivity index is 2.21. The van der Waals surface area contributed by atoms with Crippen molar-refractivity contribution in [1.29, 1.82) is 0 Å². The molecule has 0 fully saturated rings. The zero-order valence-corrected chi connectivity index (χ0v) is 11.0. The van der Waals surface area contributed by atoms with E-state index in [1.54, 1.807) is 11.4 Å². The maximum atomic E-state index is 5.96. The third-order valence-electron chi connectivity index (χ3n) is 2.81. The van der Waals surface area contributed by atoms with E-state index in [0.717, 1.165) is 16.9 Å². The van der Waals surface area contributed by atoms with E-state index in [2.05, 4.69) is 17.8 Å². The minimum atomic E-state index is 0.382. The summed E-state index contributed by atoms with van der Waals surface area (Å²) in [5.74, 6) is 1.86. The number of ether oxygens (including phenoxy) is 1. The lowest BCUT2D eigenvalue weighted by atomic mass is 10.0. The van der Waals surface area contributed by atoms with Crippen LogP contribution in [0.2, 0.25) is 0 Å². The van der Waals surface area contributed by atoms with Crippen LogP contribution < -0.4 is 16.2 Å². The molecule has 1 heterocycles. The summed E-state index contributed by atoms with van der Waals surface area (Å²) in [6, 6.07) is 7.76. The van der Waals surface area contributed by atoms with Gasteiger partial charge >= 0.3 is 0 Å². The van der Waals surface area contributed by atoms with Gasteiger partial charge < -0.3 is 16.2 Å². The summed E-state index contributed by atoms with van der Waals surface area (Å²) in [7, 11) is 1.64. The molecule has 18 heavy (non-hydrogen) atoms. The van der Waals surface area contributed by atoms with E-state index in [9.17, 15) is 0 Å². The second-order valence-corrected chi connectivity index (χ2v) is 4.46. The first kappa shape index (κ1) is 12.6. The molecule has 0 saturated carbocycles. The number of thiol groups is 1. The highest BCUT2D eigenvalue weighted by atomic mass is 32.1. The molecule has 6 heteroatoms. The Morgan fingerprint density at radius 2 is 2.00 bits per heavy atom. The maximum absolute atomic E-state index is 5.96. The van der Waals surface area contributed by atoms with Crippen molar-refractivity contribution in [2.24, 2.45) is 16.5 Å². The molecule has 0 unspecified atom stereocenters. The molecule has 0 aliphatic carbocycles. The number of aliphatic imine (C=N–C) groups is 1. The summed E-state index contributed by atoms with van der Waals surface area (Å²) < 4.78 is 6.69. The highest BCUT2D eigenvalue weighted by Crippen LogP contribution is 2.19. The van der Waals surface area contributed by atoms with Gasteiger partial charge in [-0.3, -0.25) is 4.31 Å². The summed E-state index contributed by atoms with van der Waals surface area (Å²) in [5, 5.41) is 0. The second-order valence-electron chi connectivity index (χ2n) is 3.97. The molecule has 1 aliphatic rings. The van der Waals surface area contributed by atoms with Crippen LogP contribution in [0.25, 0.3) is 0 Å². The molecule has 0 spiro atoms. The molecule has 96 valence electrons. The zero-order chi connectivity index (χ0) is 13.1. The number of methoxy groups -OCH3 is 1. The summed E-state index contributed by atoms with van der Waals surface area (Å²) in [4.78, 5) is 4.15. The zero-order valence-electron chi connectivity index (χ0n) is 10.1. The van der Waals surface area contributed by atoms with Crippen LogP contribution in [0.15, 0.2) is 40.7 Å². The maximum Gasteiger partial charge on any atom is 0.127 e. The van der Waals surface area contributed by atoms with Crippen molar-refractivity contribution < 1.29 is 4.74 Å². The standard InChI is InChI=1S/C12H16N4OS/c1-17-9-4-2-8(3-5-9)6-10-11(13)15-7-16(18)12(10)14/h2-5,18H,6-7,14H2,1H3,(H2,13,15). The number of benzene rings is 1. The van der Waals surface area contributed by atoms with E-state index in [-0.39, 0.29) is 0 Å². The van der Waals surface area contributed by atoms with Gasteiger partial charge in [-0.05, 0) is 17.7 Å². The van der Waals surface area contributed by atoms with E-state index in [1.807, 2.05) is 24.3 Å². The first-order valence-electron chi connectivity index (χ1n) is 5.50. The topological polar surface area (TPSA) is 76.9 Å². The summed E-state index contributed by atoms with van der Waals surface area (Å²) in [6.45, 7) is 0.382. The normalized spacial score (nSPS) is 15.7. The van der Waals surface area contributed by atoms with Crippen molar-refractivity contribution in [3.05, 3.63) is 41.2 Å². The predicted octanol–water partition coefficient (Wildman–Crippen LogP) is 0.883. The fourth-order valence-electron chi connectivity index (χ4n) is 1.73. The molecule has 4 N–H and O–H groups in total. The average Bonchev–Trinajstić information content (AvgIpc) is 2.40. The largest absolute Gasteiger partial charge is 0.497 e. The Bertz CT molecular complexity index is 495. The number of nitrogens with zero attached hydrogens (tertiary/aromatic N) is 2. The Labute approximate surface area is 112 Å². The first-order valence-corrected chi connectivity index (χ1v) is 5.90. The van der Waals surface area contributed by atoms with Gasteiger partial charge in [0.05, 0.1) is 7.11 Å². The predicted molar refractivity (Wildman–Crippen MR) is 75.2 cm³/mol. The molecule has 1 aromatic rings. The van der Waals surface area contributed by atoms with Crippen molar-refractivity contribution in [3.63, 3.8) is 0 Å². The molecule has 5 nitrogen and oxygen atoms in total. The van der Waals surface area contributed by atoms with Crippen LogP contribution in [0.1, 0.15) is 5.56 Å². The first-order chi connectivity index (χ1) is 8.61. The van der Waals surface area contributed by atoms with Crippen LogP contribution in [0.4, 0.5) is 0 Å². The van der Waals surface area contributed by atoms with E-state index >= 15 is 0 Å². The van der Waals surface area contributed by atoms with E-state index in [4.69, 9.17) is 16.2 Å². The molecule has 2 rings (SSSR count). The highest BCUT2D eigenvalue weighted by molar-refractivity contribution is 7.77. The molecule has 0 amide bonds. The Kier molecular flexibility index (Phi) is 3.66. The lowest BCUT2D eigenvalue weighted by Crippen LogP contribution is -2.33. The average molecular weight is 264 g/mol. The molecular weight excluding hydrogens is 248 g/mol. The lowest BCUT2D eigenvalue weighted by Gasteiger charge is -2.24. The molecule has 1 aromatic carbocycles. The van der Waals surface area contributed by atoms with Crippen molar-refractivity contribution in [2.75, 3.05) is 13.8 Å². The van der Waals surface area contributed by atoms with Gasteiger partial charge in [-0.1, -0.05) is 24.9 Å². The number of hydrogen-bond acceptors (Lipinski definition) is 6. The van der Waals surface area contributed by atoms with Crippen LogP contribution >= 0.6 is 12.8 Å². The number of hydrogen-bond donors (Lipinski definition) is 3. The molecule has 0 atom stereocenters. The lowest BCUT2D eigenvalue weighted by molar-refractivity contribution is 0.414. The minimum Gasteiger partial charge on any atom is -0.497 e. The van der Waals surface area contributed by atoms with Gasteiger partial charge in [0.1, 0.15) is 24.1 Å². The van der Waals surface area contributed by atoms with Gasteiger partial charge in [0.2, 0.25) is 0 Å². The van der Waals surface area contributed by atoms with E-state index < -0.39 is 0 Å². The van der Waals surface area contributed by atoms with E-state index in [0.29, 0.717) is 24.7 Å². The smallest absolute Gasteiger partial charge is 0.127 e. The Morgan fingerprint density at radius 1 is 1.33 bits per heavy atom. The van der Waals surface area contributed by atoms with Gasteiger partial charge in [0.25, 0.3) is 0 Å². The summed E-state index contributed by atoms with van der Waals surface area (Å²) >= 11 is 4.22.